The first kappa shape index (κ1) is 15.3. The third kappa shape index (κ3) is 3.97. The molecule has 0 bridgehead atoms. The van der Waals surface area contributed by atoms with Gasteiger partial charge in [-0.25, -0.2) is 4.98 Å². The molecule has 0 aliphatic carbocycles. The van der Waals surface area contributed by atoms with Gasteiger partial charge in [-0.2, -0.15) is 5.26 Å². The molecule has 23 heavy (non-hydrogen) atoms. The van der Waals surface area contributed by atoms with Gasteiger partial charge in [0.15, 0.2) is 0 Å². The van der Waals surface area contributed by atoms with Crippen LogP contribution >= 0.6 is 0 Å². The van der Waals surface area contributed by atoms with Crippen molar-refractivity contribution in [2.45, 2.75) is 19.4 Å². The maximum atomic E-state index is 8.95. The highest BCUT2D eigenvalue weighted by Gasteiger charge is 2.04. The maximum absolute atomic E-state index is 8.95. The zero-order valence-electron chi connectivity index (χ0n) is 13.3. The first-order chi connectivity index (χ1) is 11.2. The van der Waals surface area contributed by atoms with E-state index < -0.39 is 0 Å². The lowest BCUT2D eigenvalue weighted by Crippen LogP contribution is -2.19. The van der Waals surface area contributed by atoms with Crippen LogP contribution < -0.4 is 0 Å². The van der Waals surface area contributed by atoms with Crippen molar-refractivity contribution in [1.29, 1.82) is 5.26 Å². The Kier molecular flexibility index (Phi) is 4.70. The molecule has 0 saturated carbocycles. The van der Waals surface area contributed by atoms with E-state index in [1.165, 1.54) is 5.56 Å². The summed E-state index contributed by atoms with van der Waals surface area (Å²) < 4.78 is 0. The first-order valence-corrected chi connectivity index (χ1v) is 7.86. The van der Waals surface area contributed by atoms with Crippen molar-refractivity contribution in [3.8, 4) is 6.07 Å². The van der Waals surface area contributed by atoms with Crippen molar-refractivity contribution >= 4 is 11.0 Å². The fourth-order valence-corrected chi connectivity index (χ4v) is 2.77. The summed E-state index contributed by atoms with van der Waals surface area (Å²) in [5, 5.41) is 8.95. The third-order valence-corrected chi connectivity index (χ3v) is 3.90. The molecule has 0 radical (unpaired) electrons. The second-order valence-corrected chi connectivity index (χ2v) is 5.85. The second-order valence-electron chi connectivity index (χ2n) is 5.85. The second kappa shape index (κ2) is 7.08. The van der Waals surface area contributed by atoms with E-state index in [0.717, 1.165) is 48.4 Å². The Labute approximate surface area is 136 Å². The Morgan fingerprint density at radius 1 is 1.17 bits per heavy atom. The number of H-pyrrole nitrogens is 1. The smallest absolute Gasteiger partial charge is 0.107 e. The number of fused-ring (bicyclic) bond motifs is 1. The number of rotatable bonds is 6. The van der Waals surface area contributed by atoms with Crippen LogP contribution in [0.15, 0.2) is 48.5 Å². The average molecular weight is 304 g/mol. The van der Waals surface area contributed by atoms with E-state index in [1.54, 1.807) is 0 Å². The van der Waals surface area contributed by atoms with Gasteiger partial charge in [-0.1, -0.05) is 24.3 Å². The number of para-hydroxylation sites is 2. The number of imidazole rings is 1. The Morgan fingerprint density at radius 2 is 2.04 bits per heavy atom. The fourth-order valence-electron chi connectivity index (χ4n) is 2.77. The molecule has 0 aliphatic heterocycles. The standard InChI is InChI=1S/C19H20N4/c1-23(14-16-7-4-6-15(12-16)13-20)11-5-10-19-21-17-8-2-3-9-18(17)22-19/h2-4,6-9,12H,5,10-11,14H2,1H3,(H,21,22). The van der Waals surface area contributed by atoms with Crippen molar-refractivity contribution in [2.75, 3.05) is 13.6 Å². The molecule has 4 nitrogen and oxygen atoms in total. The van der Waals surface area contributed by atoms with Crippen molar-refractivity contribution in [3.63, 3.8) is 0 Å². The molecule has 0 atom stereocenters. The van der Waals surface area contributed by atoms with Gasteiger partial charge in [0.2, 0.25) is 0 Å². The monoisotopic (exact) mass is 304 g/mol. The molecule has 116 valence electrons. The van der Waals surface area contributed by atoms with Gasteiger partial charge >= 0.3 is 0 Å². The quantitative estimate of drug-likeness (QED) is 0.758. The lowest BCUT2D eigenvalue weighted by atomic mass is 10.1. The SMILES string of the molecule is CN(CCCc1nc2ccccc2[nH]1)Cc1cccc(C#N)c1. The fraction of sp³-hybridized carbons (Fsp3) is 0.263. The molecule has 1 aromatic heterocycles. The molecule has 0 unspecified atom stereocenters. The number of nitrogens with zero attached hydrogens (tertiary/aromatic N) is 3. The molecule has 1 N–H and O–H groups in total. The molecule has 2 aromatic carbocycles. The van der Waals surface area contributed by atoms with Gasteiger partial charge in [-0.05, 0) is 49.8 Å². The Morgan fingerprint density at radius 3 is 2.87 bits per heavy atom. The third-order valence-electron chi connectivity index (χ3n) is 3.90. The molecule has 0 spiro atoms. The summed E-state index contributed by atoms with van der Waals surface area (Å²) in [6.07, 6.45) is 1.99. The van der Waals surface area contributed by atoms with Crippen LogP contribution in [0.3, 0.4) is 0 Å². The molecule has 0 saturated heterocycles. The van der Waals surface area contributed by atoms with Crippen molar-refractivity contribution in [1.82, 2.24) is 14.9 Å². The summed E-state index contributed by atoms with van der Waals surface area (Å²) in [4.78, 5) is 10.3. The Balaban J connectivity index is 1.50. The van der Waals surface area contributed by atoms with Gasteiger partial charge in [-0.15, -0.1) is 0 Å². The van der Waals surface area contributed by atoms with Gasteiger partial charge in [0, 0.05) is 13.0 Å². The highest BCUT2D eigenvalue weighted by atomic mass is 15.1. The Hall–Kier alpha value is -2.64. The lowest BCUT2D eigenvalue weighted by Gasteiger charge is -2.16. The van der Waals surface area contributed by atoms with E-state index in [4.69, 9.17) is 5.26 Å². The number of hydrogen-bond donors (Lipinski definition) is 1. The molecular formula is C19H20N4. The van der Waals surface area contributed by atoms with Crippen LogP contribution in [0, 0.1) is 11.3 Å². The van der Waals surface area contributed by atoms with Crippen LogP contribution in [0.4, 0.5) is 0 Å². The zero-order valence-corrected chi connectivity index (χ0v) is 13.3. The number of benzene rings is 2. The van der Waals surface area contributed by atoms with E-state index in [9.17, 15) is 0 Å². The number of aryl methyl sites for hydroxylation is 1. The van der Waals surface area contributed by atoms with E-state index >= 15 is 0 Å². The number of nitrogens with one attached hydrogen (secondary N) is 1. The predicted molar refractivity (Wildman–Crippen MR) is 91.9 cm³/mol. The summed E-state index contributed by atoms with van der Waals surface area (Å²) in [7, 11) is 2.11. The van der Waals surface area contributed by atoms with Crippen LogP contribution in [0.2, 0.25) is 0 Å². The lowest BCUT2D eigenvalue weighted by molar-refractivity contribution is 0.321. The summed E-state index contributed by atoms with van der Waals surface area (Å²) in [5.74, 6) is 1.05. The predicted octanol–water partition coefficient (Wildman–Crippen LogP) is 3.50. The molecule has 0 fully saturated rings. The van der Waals surface area contributed by atoms with Crippen LogP contribution in [-0.2, 0) is 13.0 Å². The van der Waals surface area contributed by atoms with Gasteiger partial charge in [0.05, 0.1) is 22.7 Å². The van der Waals surface area contributed by atoms with Crippen LogP contribution in [0.1, 0.15) is 23.4 Å². The van der Waals surface area contributed by atoms with E-state index in [-0.39, 0.29) is 0 Å². The Bertz CT molecular complexity index is 796. The topological polar surface area (TPSA) is 55.7 Å². The van der Waals surface area contributed by atoms with Gasteiger partial charge in [0.25, 0.3) is 0 Å². The average Bonchev–Trinajstić information content (AvgIpc) is 2.97. The highest BCUT2D eigenvalue weighted by Crippen LogP contribution is 2.12. The van der Waals surface area contributed by atoms with Gasteiger partial charge in [-0.3, -0.25) is 0 Å². The maximum Gasteiger partial charge on any atom is 0.107 e. The molecule has 0 amide bonds. The molecule has 3 aromatic rings. The highest BCUT2D eigenvalue weighted by molar-refractivity contribution is 5.74. The molecule has 0 aliphatic rings. The molecule has 1 heterocycles. The van der Waals surface area contributed by atoms with Gasteiger partial charge < -0.3 is 9.88 Å². The van der Waals surface area contributed by atoms with Crippen LogP contribution in [0.25, 0.3) is 11.0 Å². The van der Waals surface area contributed by atoms with E-state index in [1.807, 2.05) is 36.4 Å². The van der Waals surface area contributed by atoms with Crippen molar-refractivity contribution in [2.24, 2.45) is 0 Å². The number of nitriles is 1. The minimum Gasteiger partial charge on any atom is -0.342 e. The van der Waals surface area contributed by atoms with E-state index in [2.05, 4.69) is 40.1 Å². The summed E-state index contributed by atoms with van der Waals surface area (Å²) in [6, 6.07) is 18.1. The summed E-state index contributed by atoms with van der Waals surface area (Å²) in [5.41, 5.74) is 4.03. The zero-order chi connectivity index (χ0) is 16.1. The number of aromatic amines is 1. The number of aromatic nitrogens is 2. The van der Waals surface area contributed by atoms with E-state index in [0.29, 0.717) is 0 Å². The first-order valence-electron chi connectivity index (χ1n) is 7.86. The molecular weight excluding hydrogens is 284 g/mol. The minimum atomic E-state index is 0.721. The molecule has 3 rings (SSSR count). The molecule has 4 heteroatoms. The van der Waals surface area contributed by atoms with Crippen molar-refractivity contribution < 1.29 is 0 Å². The van der Waals surface area contributed by atoms with Crippen LogP contribution in [0.5, 0.6) is 0 Å². The van der Waals surface area contributed by atoms with Crippen LogP contribution in [-0.4, -0.2) is 28.5 Å². The summed E-state index contributed by atoms with van der Waals surface area (Å²) in [6.45, 7) is 1.85. The largest absolute Gasteiger partial charge is 0.342 e. The van der Waals surface area contributed by atoms with Crippen molar-refractivity contribution in [3.05, 3.63) is 65.5 Å². The number of hydrogen-bond acceptors (Lipinski definition) is 3. The summed E-state index contributed by atoms with van der Waals surface area (Å²) >= 11 is 0. The minimum absolute atomic E-state index is 0.721. The normalized spacial score (nSPS) is 11.0. The van der Waals surface area contributed by atoms with Gasteiger partial charge in [0.1, 0.15) is 5.82 Å².